The van der Waals surface area contributed by atoms with Gasteiger partial charge in [-0.05, 0) is 25.1 Å². The minimum absolute atomic E-state index is 0.453. The average molecular weight is 251 g/mol. The van der Waals surface area contributed by atoms with Crippen LogP contribution in [0.2, 0.25) is 0 Å². The number of fused-ring (bicyclic) bond motifs is 1. The SMILES string of the molecule is CCNC1c2cccc(OCC)c2CSC1C. The summed E-state index contributed by atoms with van der Waals surface area (Å²) in [5, 5.41) is 4.21. The van der Waals surface area contributed by atoms with Gasteiger partial charge in [-0.1, -0.05) is 26.0 Å². The first-order valence-corrected chi connectivity index (χ1v) is 7.42. The molecule has 3 heteroatoms. The van der Waals surface area contributed by atoms with Crippen LogP contribution in [0, 0.1) is 0 Å². The Balaban J connectivity index is 2.35. The molecule has 0 saturated carbocycles. The number of hydrogen-bond donors (Lipinski definition) is 1. The van der Waals surface area contributed by atoms with Crippen LogP contribution in [-0.4, -0.2) is 18.4 Å². The fourth-order valence-electron chi connectivity index (χ4n) is 2.38. The van der Waals surface area contributed by atoms with Crippen molar-refractivity contribution in [3.8, 4) is 5.75 Å². The van der Waals surface area contributed by atoms with Gasteiger partial charge in [0, 0.05) is 22.6 Å². The number of ether oxygens (including phenoxy) is 1. The van der Waals surface area contributed by atoms with Crippen LogP contribution in [0.4, 0.5) is 0 Å². The van der Waals surface area contributed by atoms with Crippen LogP contribution in [0.3, 0.4) is 0 Å². The van der Waals surface area contributed by atoms with E-state index >= 15 is 0 Å². The van der Waals surface area contributed by atoms with Crippen molar-refractivity contribution >= 4 is 11.8 Å². The van der Waals surface area contributed by atoms with Crippen LogP contribution >= 0.6 is 11.8 Å². The zero-order valence-corrected chi connectivity index (χ0v) is 11.6. The second-order valence-corrected chi connectivity index (χ2v) is 5.67. The lowest BCUT2D eigenvalue weighted by Crippen LogP contribution is -2.31. The molecule has 1 aliphatic heterocycles. The molecule has 0 fully saturated rings. The molecule has 1 aliphatic rings. The van der Waals surface area contributed by atoms with E-state index < -0.39 is 0 Å². The average Bonchev–Trinajstić information content (AvgIpc) is 2.34. The Kier molecular flexibility index (Phi) is 4.35. The molecule has 2 nitrogen and oxygen atoms in total. The van der Waals surface area contributed by atoms with Crippen molar-refractivity contribution < 1.29 is 4.74 Å². The molecule has 1 aromatic carbocycles. The van der Waals surface area contributed by atoms with Crippen LogP contribution < -0.4 is 10.1 Å². The number of rotatable bonds is 4. The lowest BCUT2D eigenvalue weighted by Gasteiger charge is -2.32. The maximum Gasteiger partial charge on any atom is 0.123 e. The summed E-state index contributed by atoms with van der Waals surface area (Å²) in [6, 6.07) is 6.88. The van der Waals surface area contributed by atoms with Crippen LogP contribution in [0.25, 0.3) is 0 Å². The third kappa shape index (κ3) is 2.61. The number of benzene rings is 1. The van der Waals surface area contributed by atoms with Gasteiger partial charge in [0.1, 0.15) is 5.75 Å². The third-order valence-corrected chi connectivity index (χ3v) is 4.44. The standard InChI is InChI=1S/C14H21NOS/c1-4-15-14-10(3)17-9-12-11(14)7-6-8-13(12)16-5-2/h6-8,10,14-15H,4-5,9H2,1-3H3. The monoisotopic (exact) mass is 251 g/mol. The van der Waals surface area contributed by atoms with Gasteiger partial charge in [0.15, 0.2) is 0 Å². The zero-order chi connectivity index (χ0) is 12.3. The summed E-state index contributed by atoms with van der Waals surface area (Å²) in [5.41, 5.74) is 2.80. The second-order valence-electron chi connectivity index (χ2n) is 4.31. The first-order chi connectivity index (χ1) is 8.27. The van der Waals surface area contributed by atoms with E-state index in [1.54, 1.807) is 0 Å². The highest BCUT2D eigenvalue weighted by Gasteiger charge is 2.28. The molecule has 1 aromatic rings. The smallest absolute Gasteiger partial charge is 0.123 e. The zero-order valence-electron chi connectivity index (χ0n) is 10.8. The molecule has 0 spiro atoms. The van der Waals surface area contributed by atoms with Gasteiger partial charge in [-0.25, -0.2) is 0 Å². The van der Waals surface area contributed by atoms with Gasteiger partial charge in [-0.3, -0.25) is 0 Å². The molecule has 17 heavy (non-hydrogen) atoms. The van der Waals surface area contributed by atoms with Crippen molar-refractivity contribution in [2.45, 2.75) is 37.8 Å². The number of hydrogen-bond acceptors (Lipinski definition) is 3. The van der Waals surface area contributed by atoms with Gasteiger partial charge < -0.3 is 10.1 Å². The molecule has 1 heterocycles. The quantitative estimate of drug-likeness (QED) is 0.886. The summed E-state index contributed by atoms with van der Waals surface area (Å²) >= 11 is 2.01. The highest BCUT2D eigenvalue weighted by molar-refractivity contribution is 7.99. The molecular weight excluding hydrogens is 230 g/mol. The fourth-order valence-corrected chi connectivity index (χ4v) is 3.55. The third-order valence-electron chi connectivity index (χ3n) is 3.19. The van der Waals surface area contributed by atoms with E-state index in [4.69, 9.17) is 4.74 Å². The Morgan fingerprint density at radius 1 is 1.41 bits per heavy atom. The Bertz CT molecular complexity index is 380. The van der Waals surface area contributed by atoms with Crippen molar-refractivity contribution in [2.24, 2.45) is 0 Å². The van der Waals surface area contributed by atoms with Gasteiger partial charge in [0.25, 0.3) is 0 Å². The van der Waals surface area contributed by atoms with E-state index in [9.17, 15) is 0 Å². The Labute approximate surface area is 108 Å². The van der Waals surface area contributed by atoms with Crippen LogP contribution in [0.5, 0.6) is 5.75 Å². The van der Waals surface area contributed by atoms with E-state index in [0.29, 0.717) is 11.3 Å². The van der Waals surface area contributed by atoms with Gasteiger partial charge in [0.2, 0.25) is 0 Å². The van der Waals surface area contributed by atoms with Crippen LogP contribution in [0.15, 0.2) is 18.2 Å². The largest absolute Gasteiger partial charge is 0.494 e. The van der Waals surface area contributed by atoms with E-state index in [-0.39, 0.29) is 0 Å². The Hall–Kier alpha value is -0.670. The van der Waals surface area contributed by atoms with Crippen LogP contribution in [0.1, 0.15) is 37.9 Å². The number of nitrogens with one attached hydrogen (secondary N) is 1. The molecule has 0 bridgehead atoms. The highest BCUT2D eigenvalue weighted by atomic mass is 32.2. The molecule has 0 aromatic heterocycles. The first kappa shape index (κ1) is 12.8. The molecule has 2 unspecified atom stereocenters. The summed E-state index contributed by atoms with van der Waals surface area (Å²) in [6.45, 7) is 8.25. The molecule has 2 atom stereocenters. The molecule has 94 valence electrons. The topological polar surface area (TPSA) is 21.3 Å². The van der Waals surface area contributed by atoms with Gasteiger partial charge >= 0.3 is 0 Å². The second kappa shape index (κ2) is 5.78. The molecule has 0 amide bonds. The Morgan fingerprint density at radius 3 is 2.94 bits per heavy atom. The maximum absolute atomic E-state index is 5.72. The maximum atomic E-state index is 5.72. The van der Waals surface area contributed by atoms with Gasteiger partial charge in [-0.15, -0.1) is 0 Å². The van der Waals surface area contributed by atoms with Crippen molar-refractivity contribution in [1.29, 1.82) is 0 Å². The summed E-state index contributed by atoms with van der Waals surface area (Å²) in [6.07, 6.45) is 0. The summed E-state index contributed by atoms with van der Waals surface area (Å²) in [4.78, 5) is 0. The predicted octanol–water partition coefficient (Wildman–Crippen LogP) is 3.37. The first-order valence-electron chi connectivity index (χ1n) is 6.37. The molecule has 0 radical (unpaired) electrons. The van der Waals surface area contributed by atoms with Crippen molar-refractivity contribution in [1.82, 2.24) is 5.32 Å². The van der Waals surface area contributed by atoms with E-state index in [2.05, 4.69) is 37.4 Å². The van der Waals surface area contributed by atoms with Gasteiger partial charge in [0.05, 0.1) is 6.61 Å². The van der Waals surface area contributed by atoms with E-state index in [0.717, 1.165) is 24.7 Å². The molecule has 2 rings (SSSR count). The molecule has 0 aliphatic carbocycles. The minimum atomic E-state index is 0.453. The highest BCUT2D eigenvalue weighted by Crippen LogP contribution is 2.41. The van der Waals surface area contributed by atoms with E-state index in [1.807, 2.05) is 18.7 Å². The van der Waals surface area contributed by atoms with E-state index in [1.165, 1.54) is 11.1 Å². The molecular formula is C14H21NOS. The van der Waals surface area contributed by atoms with Crippen molar-refractivity contribution in [3.63, 3.8) is 0 Å². The molecule has 1 N–H and O–H groups in total. The van der Waals surface area contributed by atoms with Crippen molar-refractivity contribution in [3.05, 3.63) is 29.3 Å². The fraction of sp³-hybridized carbons (Fsp3) is 0.571. The van der Waals surface area contributed by atoms with Crippen LogP contribution in [-0.2, 0) is 5.75 Å². The molecule has 0 saturated heterocycles. The van der Waals surface area contributed by atoms with Crippen molar-refractivity contribution in [2.75, 3.05) is 13.2 Å². The minimum Gasteiger partial charge on any atom is -0.494 e. The normalized spacial score (nSPS) is 23.2. The predicted molar refractivity (Wildman–Crippen MR) is 74.8 cm³/mol. The lowest BCUT2D eigenvalue weighted by atomic mass is 9.97. The summed E-state index contributed by atoms with van der Waals surface area (Å²) in [5.74, 6) is 2.13. The van der Waals surface area contributed by atoms with Gasteiger partial charge in [-0.2, -0.15) is 11.8 Å². The lowest BCUT2D eigenvalue weighted by molar-refractivity contribution is 0.336. The Morgan fingerprint density at radius 2 is 2.24 bits per heavy atom. The summed E-state index contributed by atoms with van der Waals surface area (Å²) < 4.78 is 5.72. The number of thioether (sulfide) groups is 1. The summed E-state index contributed by atoms with van der Waals surface area (Å²) in [7, 11) is 0.